The van der Waals surface area contributed by atoms with E-state index in [9.17, 15) is 14.4 Å². The summed E-state index contributed by atoms with van der Waals surface area (Å²) in [6.07, 6.45) is 4.29. The van der Waals surface area contributed by atoms with Gasteiger partial charge in [0, 0.05) is 40.1 Å². The van der Waals surface area contributed by atoms with Gasteiger partial charge in [-0.3, -0.25) is 14.4 Å². The van der Waals surface area contributed by atoms with Crippen molar-refractivity contribution in [1.82, 2.24) is 10.6 Å². The summed E-state index contributed by atoms with van der Waals surface area (Å²) in [6.45, 7) is 7.89. The van der Waals surface area contributed by atoms with E-state index >= 15 is 0 Å². The van der Waals surface area contributed by atoms with Crippen LogP contribution in [0.4, 0.5) is 0 Å². The molecule has 160 valence electrons. The zero-order chi connectivity index (χ0) is 20.1. The monoisotopic (exact) mass is 388 g/mol. The normalized spacial score (nSPS) is 19.7. The maximum atomic E-state index is 12.0. The third-order valence-electron chi connectivity index (χ3n) is 4.80. The van der Waals surface area contributed by atoms with Crippen molar-refractivity contribution in [3.63, 3.8) is 0 Å². The summed E-state index contributed by atoms with van der Waals surface area (Å²) >= 11 is 0. The molecule has 0 atom stereocenters. The highest BCUT2D eigenvalue weighted by molar-refractivity contribution is 5.83. The van der Waals surface area contributed by atoms with Crippen LogP contribution in [0, 0.1) is 11.8 Å². The first kappa shape index (κ1) is 23.6. The molecule has 0 aliphatic heterocycles. The van der Waals surface area contributed by atoms with Gasteiger partial charge in [0.25, 0.3) is 0 Å². The van der Waals surface area contributed by atoms with Crippen molar-refractivity contribution in [2.24, 2.45) is 11.8 Å². The van der Waals surface area contributed by atoms with Crippen molar-refractivity contribution in [3.05, 3.63) is 0 Å². The lowest BCUT2D eigenvalue weighted by molar-refractivity contribution is -0.127. The molecule has 7 heteroatoms. The van der Waals surface area contributed by atoms with Crippen molar-refractivity contribution in [2.75, 3.05) is 33.0 Å². The standard InChI is InChI=1S/C20H36N2O5.2H2/c1-4-18(23)21-10-12-27-14-13-26-11-9-19(24)22-17-7-5-16(6-8-17)20(25)15(2)3;;/h15-17H,4-14H2,1-3H3,(H,21,23)(H,22,24);2*1H. The van der Waals surface area contributed by atoms with Gasteiger partial charge in [-0.05, 0) is 25.7 Å². The molecule has 0 heterocycles. The number of amides is 2. The molecule has 1 aliphatic rings. The minimum atomic E-state index is -0.00293. The molecule has 1 fully saturated rings. The third kappa shape index (κ3) is 10.4. The van der Waals surface area contributed by atoms with Crippen LogP contribution in [0.5, 0.6) is 0 Å². The predicted molar refractivity (Wildman–Crippen MR) is 108 cm³/mol. The Kier molecular flexibility index (Phi) is 11.9. The van der Waals surface area contributed by atoms with E-state index in [1.807, 2.05) is 13.8 Å². The average Bonchev–Trinajstić information content (AvgIpc) is 2.66. The molecule has 1 aliphatic carbocycles. The van der Waals surface area contributed by atoms with Gasteiger partial charge in [0.2, 0.25) is 11.8 Å². The second kappa shape index (κ2) is 13.7. The summed E-state index contributed by atoms with van der Waals surface area (Å²) in [6, 6.07) is 0.176. The Labute approximate surface area is 165 Å². The van der Waals surface area contributed by atoms with E-state index in [4.69, 9.17) is 9.47 Å². The summed E-state index contributed by atoms with van der Waals surface area (Å²) in [5.74, 6) is 0.620. The van der Waals surface area contributed by atoms with Gasteiger partial charge in [-0.15, -0.1) is 0 Å². The second-order valence-electron chi connectivity index (χ2n) is 7.35. The number of carbonyl (C=O) groups is 3. The largest absolute Gasteiger partial charge is 0.379 e. The van der Waals surface area contributed by atoms with Crippen LogP contribution >= 0.6 is 0 Å². The van der Waals surface area contributed by atoms with Gasteiger partial charge in [-0.25, -0.2) is 0 Å². The molecule has 1 saturated carbocycles. The van der Waals surface area contributed by atoms with Gasteiger partial charge in [0.1, 0.15) is 5.78 Å². The molecule has 0 aromatic rings. The van der Waals surface area contributed by atoms with Crippen LogP contribution in [0.25, 0.3) is 0 Å². The number of carbonyl (C=O) groups excluding carboxylic acids is 3. The van der Waals surface area contributed by atoms with Crippen LogP contribution in [-0.4, -0.2) is 56.6 Å². The summed E-state index contributed by atoms with van der Waals surface area (Å²) < 4.78 is 10.7. The number of Topliss-reactive ketones (excluding diaryl/α,β-unsaturated/α-hetero) is 1. The van der Waals surface area contributed by atoms with Gasteiger partial charge < -0.3 is 20.1 Å². The van der Waals surface area contributed by atoms with Crippen molar-refractivity contribution in [2.45, 2.75) is 65.3 Å². The van der Waals surface area contributed by atoms with E-state index in [-0.39, 0.29) is 32.5 Å². The fourth-order valence-electron chi connectivity index (χ4n) is 3.17. The number of nitrogens with one attached hydrogen (secondary N) is 2. The maximum Gasteiger partial charge on any atom is 0.222 e. The van der Waals surface area contributed by atoms with Gasteiger partial charge >= 0.3 is 0 Å². The topological polar surface area (TPSA) is 93.7 Å². The molecule has 0 unspecified atom stereocenters. The summed E-state index contributed by atoms with van der Waals surface area (Å²) in [5.41, 5.74) is 0. The molecule has 1 rings (SSSR count). The highest BCUT2D eigenvalue weighted by atomic mass is 16.5. The van der Waals surface area contributed by atoms with Gasteiger partial charge in [-0.1, -0.05) is 20.8 Å². The molecule has 0 bridgehead atoms. The van der Waals surface area contributed by atoms with Crippen LogP contribution < -0.4 is 10.6 Å². The Morgan fingerprint density at radius 3 is 2.19 bits per heavy atom. The van der Waals surface area contributed by atoms with Crippen LogP contribution in [0.3, 0.4) is 0 Å². The van der Waals surface area contributed by atoms with Crippen molar-refractivity contribution in [1.29, 1.82) is 0 Å². The minimum Gasteiger partial charge on any atom is -0.379 e. The maximum absolute atomic E-state index is 12.0. The molecule has 7 nitrogen and oxygen atoms in total. The van der Waals surface area contributed by atoms with E-state index in [0.29, 0.717) is 51.6 Å². The molecular weight excluding hydrogens is 348 g/mol. The Morgan fingerprint density at radius 2 is 1.59 bits per heavy atom. The number of ether oxygens (including phenoxy) is 2. The van der Waals surface area contributed by atoms with E-state index < -0.39 is 0 Å². The Balaban J connectivity index is 0. The highest BCUT2D eigenvalue weighted by Gasteiger charge is 2.28. The zero-order valence-corrected chi connectivity index (χ0v) is 17.1. The molecule has 2 amide bonds. The molecule has 2 N–H and O–H groups in total. The van der Waals surface area contributed by atoms with Crippen LogP contribution in [0.15, 0.2) is 0 Å². The first-order valence-electron chi connectivity index (χ1n) is 10.2. The smallest absolute Gasteiger partial charge is 0.222 e. The van der Waals surface area contributed by atoms with Crippen LogP contribution in [0.1, 0.15) is 62.1 Å². The van der Waals surface area contributed by atoms with E-state index in [1.165, 1.54) is 0 Å². The number of rotatable bonds is 13. The molecule has 0 spiro atoms. The highest BCUT2D eigenvalue weighted by Crippen LogP contribution is 2.27. The first-order valence-corrected chi connectivity index (χ1v) is 10.2. The number of ketones is 1. The molecule has 27 heavy (non-hydrogen) atoms. The lowest BCUT2D eigenvalue weighted by atomic mass is 9.80. The minimum absolute atomic E-state index is 0. The third-order valence-corrected chi connectivity index (χ3v) is 4.80. The summed E-state index contributed by atoms with van der Waals surface area (Å²) in [4.78, 5) is 35.0. The van der Waals surface area contributed by atoms with E-state index in [2.05, 4.69) is 10.6 Å². The summed E-state index contributed by atoms with van der Waals surface area (Å²) in [7, 11) is 0. The molecule has 0 radical (unpaired) electrons. The predicted octanol–water partition coefficient (Wildman–Crippen LogP) is 2.33. The van der Waals surface area contributed by atoms with Gasteiger partial charge in [-0.2, -0.15) is 0 Å². The Bertz CT molecular complexity index is 470. The second-order valence-corrected chi connectivity index (χ2v) is 7.35. The molecule has 0 saturated heterocycles. The molecule has 0 aromatic heterocycles. The Morgan fingerprint density at radius 1 is 0.963 bits per heavy atom. The van der Waals surface area contributed by atoms with Crippen molar-refractivity contribution in [3.8, 4) is 0 Å². The fourth-order valence-corrected chi connectivity index (χ4v) is 3.17. The quantitative estimate of drug-likeness (QED) is 0.472. The first-order chi connectivity index (χ1) is 12.9. The lowest BCUT2D eigenvalue weighted by Gasteiger charge is -2.29. The number of hydrogen-bond donors (Lipinski definition) is 2. The number of hydrogen-bond acceptors (Lipinski definition) is 5. The Hall–Kier alpha value is -1.47. The van der Waals surface area contributed by atoms with Crippen LogP contribution in [-0.2, 0) is 23.9 Å². The zero-order valence-electron chi connectivity index (χ0n) is 17.1. The van der Waals surface area contributed by atoms with E-state index in [1.54, 1.807) is 6.92 Å². The summed E-state index contributed by atoms with van der Waals surface area (Å²) in [5, 5.41) is 5.77. The van der Waals surface area contributed by atoms with Crippen molar-refractivity contribution >= 4 is 17.6 Å². The molecular formula is C20H40N2O5. The van der Waals surface area contributed by atoms with Crippen LogP contribution in [0.2, 0.25) is 0 Å². The van der Waals surface area contributed by atoms with E-state index in [0.717, 1.165) is 25.7 Å². The molecule has 0 aromatic carbocycles. The lowest BCUT2D eigenvalue weighted by Crippen LogP contribution is -2.39. The average molecular weight is 389 g/mol. The van der Waals surface area contributed by atoms with Crippen molar-refractivity contribution < 1.29 is 26.7 Å². The SMILES string of the molecule is CCC(=O)NCCOCCOCCC(=O)NC1CCC(C(=O)C(C)C)CC1.[HH].[HH]. The fraction of sp³-hybridized carbons (Fsp3) is 0.850. The van der Waals surface area contributed by atoms with Gasteiger partial charge in [0.15, 0.2) is 0 Å². The van der Waals surface area contributed by atoms with Gasteiger partial charge in [0.05, 0.1) is 26.4 Å².